The van der Waals surface area contributed by atoms with Crippen molar-refractivity contribution in [1.82, 2.24) is 10.2 Å². The van der Waals surface area contributed by atoms with Crippen LogP contribution in [0.5, 0.6) is 0 Å². The second-order valence-electron chi connectivity index (χ2n) is 3.15. The fourth-order valence-corrected chi connectivity index (χ4v) is 1.86. The zero-order valence-electron chi connectivity index (χ0n) is 5.93. The fraction of sp³-hybridized carbons (Fsp3) is 1.00. The smallest absolute Gasteiger partial charge is 0.0213 e. The molecule has 0 aromatic rings. The first-order valence-corrected chi connectivity index (χ1v) is 3.87. The average molecular weight is 126 g/mol. The predicted molar refractivity (Wildman–Crippen MR) is 37.4 cm³/mol. The van der Waals surface area contributed by atoms with Gasteiger partial charge in [-0.2, -0.15) is 0 Å². The van der Waals surface area contributed by atoms with Gasteiger partial charge in [0.2, 0.25) is 0 Å². The molecule has 0 spiro atoms. The number of fused-ring (bicyclic) bond motifs is 2. The number of piperidine rings is 1. The number of nitrogens with zero attached hydrogens (tertiary/aromatic N) is 1. The number of hydrogen-bond donors (Lipinski definition) is 1. The second-order valence-corrected chi connectivity index (χ2v) is 3.15. The summed E-state index contributed by atoms with van der Waals surface area (Å²) in [6.07, 6.45) is 1.43. The van der Waals surface area contributed by atoms with Crippen LogP contribution in [0.15, 0.2) is 0 Å². The largest absolute Gasteiger partial charge is 0.309 e. The molecule has 0 aromatic carbocycles. The average Bonchev–Trinajstić information content (AvgIpc) is 1.87. The van der Waals surface area contributed by atoms with E-state index in [9.17, 15) is 0 Å². The number of rotatable bonds is 1. The number of nitrogens with one attached hydrogen (secondary N) is 1. The molecule has 0 radical (unpaired) electrons. The van der Waals surface area contributed by atoms with E-state index < -0.39 is 0 Å². The highest BCUT2D eigenvalue weighted by Gasteiger charge is 2.35. The molecule has 2 bridgehead atoms. The maximum atomic E-state index is 3.50. The van der Waals surface area contributed by atoms with Crippen LogP contribution in [0.2, 0.25) is 0 Å². The highest BCUT2D eigenvalue weighted by molar-refractivity contribution is 4.97. The molecule has 0 amide bonds. The van der Waals surface area contributed by atoms with Crippen molar-refractivity contribution < 1.29 is 0 Å². The maximum absolute atomic E-state index is 3.50. The first-order valence-electron chi connectivity index (χ1n) is 3.87. The van der Waals surface area contributed by atoms with Crippen LogP contribution in [0.1, 0.15) is 13.3 Å². The van der Waals surface area contributed by atoms with Crippen LogP contribution >= 0.6 is 0 Å². The van der Waals surface area contributed by atoms with Crippen LogP contribution in [0.25, 0.3) is 0 Å². The summed E-state index contributed by atoms with van der Waals surface area (Å²) in [4.78, 5) is 2.52. The van der Waals surface area contributed by atoms with E-state index in [4.69, 9.17) is 0 Å². The van der Waals surface area contributed by atoms with Crippen LogP contribution in [0, 0.1) is 0 Å². The van der Waals surface area contributed by atoms with Gasteiger partial charge in [0.1, 0.15) is 0 Å². The molecule has 2 nitrogen and oxygen atoms in total. The van der Waals surface area contributed by atoms with Gasteiger partial charge in [0.15, 0.2) is 0 Å². The molecule has 3 rings (SSSR count). The Kier molecular flexibility index (Phi) is 1.24. The van der Waals surface area contributed by atoms with Crippen molar-refractivity contribution in [2.24, 2.45) is 0 Å². The molecule has 3 aliphatic rings. The summed E-state index contributed by atoms with van der Waals surface area (Å²) in [6, 6.07) is 1.67. The first kappa shape index (κ1) is 5.69. The summed E-state index contributed by atoms with van der Waals surface area (Å²) < 4.78 is 0. The number of likely N-dealkylation sites (N-methyl/N-ethyl adjacent to an activating group) is 1. The minimum atomic E-state index is 0.837. The van der Waals surface area contributed by atoms with Crippen LogP contribution < -0.4 is 5.32 Å². The van der Waals surface area contributed by atoms with E-state index in [0.29, 0.717) is 0 Å². The van der Waals surface area contributed by atoms with Gasteiger partial charge in [0, 0.05) is 25.2 Å². The highest BCUT2D eigenvalue weighted by Crippen LogP contribution is 2.19. The van der Waals surface area contributed by atoms with E-state index in [1.807, 2.05) is 0 Å². The Morgan fingerprint density at radius 2 is 2.00 bits per heavy atom. The summed E-state index contributed by atoms with van der Waals surface area (Å²) in [7, 11) is 0. The number of hydrogen-bond acceptors (Lipinski definition) is 2. The summed E-state index contributed by atoms with van der Waals surface area (Å²) in [5.41, 5.74) is 0. The van der Waals surface area contributed by atoms with Gasteiger partial charge >= 0.3 is 0 Å². The van der Waals surface area contributed by atoms with E-state index >= 15 is 0 Å². The molecule has 9 heavy (non-hydrogen) atoms. The van der Waals surface area contributed by atoms with E-state index in [0.717, 1.165) is 12.1 Å². The molecule has 0 aromatic heterocycles. The molecule has 3 saturated heterocycles. The van der Waals surface area contributed by atoms with Crippen molar-refractivity contribution >= 4 is 0 Å². The van der Waals surface area contributed by atoms with Crippen LogP contribution in [-0.4, -0.2) is 36.6 Å². The summed E-state index contributed by atoms with van der Waals surface area (Å²) in [5.74, 6) is 0. The third kappa shape index (κ3) is 0.864. The Labute approximate surface area is 56.2 Å². The molecule has 3 heterocycles. The standard InChI is InChI=1S/C7H14N2/c1-2-9-4-6-3-7(5-9)8-6/h6-8H,2-5H2,1H3/t6-,7?/m0/s1. The van der Waals surface area contributed by atoms with Crippen LogP contribution in [0.3, 0.4) is 0 Å². The molecule has 52 valence electrons. The third-order valence-electron chi connectivity index (χ3n) is 2.44. The van der Waals surface area contributed by atoms with Crippen molar-refractivity contribution in [3.05, 3.63) is 0 Å². The Bertz CT molecular complexity index is 97.5. The Hall–Kier alpha value is -0.0800. The Morgan fingerprint density at radius 1 is 1.44 bits per heavy atom. The van der Waals surface area contributed by atoms with Gasteiger partial charge in [-0.25, -0.2) is 0 Å². The lowest BCUT2D eigenvalue weighted by atomic mass is 9.91. The SMILES string of the molecule is CCN1CC2C[C@@H](C1)N2. The van der Waals surface area contributed by atoms with Crippen molar-refractivity contribution in [3.8, 4) is 0 Å². The van der Waals surface area contributed by atoms with Crippen molar-refractivity contribution in [3.63, 3.8) is 0 Å². The summed E-state index contributed by atoms with van der Waals surface area (Å²) in [5, 5.41) is 3.50. The normalized spacial score (nSPS) is 42.3. The minimum absolute atomic E-state index is 0.837. The third-order valence-corrected chi connectivity index (χ3v) is 2.44. The van der Waals surface area contributed by atoms with Gasteiger partial charge in [0.05, 0.1) is 0 Å². The van der Waals surface area contributed by atoms with E-state index in [-0.39, 0.29) is 0 Å². The zero-order chi connectivity index (χ0) is 6.27. The molecule has 1 N–H and O–H groups in total. The molecule has 2 heteroatoms. The Balaban J connectivity index is 1.89. The molecule has 0 aliphatic carbocycles. The van der Waals surface area contributed by atoms with Gasteiger partial charge < -0.3 is 10.2 Å². The van der Waals surface area contributed by atoms with Gasteiger partial charge in [-0.3, -0.25) is 0 Å². The van der Waals surface area contributed by atoms with E-state index in [2.05, 4.69) is 17.1 Å². The van der Waals surface area contributed by atoms with Crippen molar-refractivity contribution in [2.75, 3.05) is 19.6 Å². The lowest BCUT2D eigenvalue weighted by molar-refractivity contribution is 0.0823. The molecule has 0 saturated carbocycles. The first-order chi connectivity index (χ1) is 4.38. The van der Waals surface area contributed by atoms with Crippen molar-refractivity contribution in [2.45, 2.75) is 25.4 Å². The minimum Gasteiger partial charge on any atom is -0.309 e. The molecule has 3 aliphatic heterocycles. The molecule has 2 atom stereocenters. The topological polar surface area (TPSA) is 15.3 Å². The van der Waals surface area contributed by atoms with Gasteiger partial charge in [-0.1, -0.05) is 6.92 Å². The Morgan fingerprint density at radius 3 is 2.33 bits per heavy atom. The van der Waals surface area contributed by atoms with Gasteiger partial charge in [-0.05, 0) is 13.0 Å². The lowest BCUT2D eigenvalue weighted by Gasteiger charge is -2.48. The van der Waals surface area contributed by atoms with Gasteiger partial charge in [0.25, 0.3) is 0 Å². The fourth-order valence-electron chi connectivity index (χ4n) is 1.86. The lowest BCUT2D eigenvalue weighted by Crippen LogP contribution is -2.66. The summed E-state index contributed by atoms with van der Waals surface area (Å²) in [6.45, 7) is 6.04. The van der Waals surface area contributed by atoms with Crippen molar-refractivity contribution in [1.29, 1.82) is 0 Å². The highest BCUT2D eigenvalue weighted by atomic mass is 15.2. The molecule has 1 unspecified atom stereocenters. The zero-order valence-corrected chi connectivity index (χ0v) is 5.93. The van der Waals surface area contributed by atoms with Gasteiger partial charge in [-0.15, -0.1) is 0 Å². The van der Waals surface area contributed by atoms with Crippen LogP contribution in [0.4, 0.5) is 0 Å². The maximum Gasteiger partial charge on any atom is 0.0213 e. The monoisotopic (exact) mass is 126 g/mol. The quantitative estimate of drug-likeness (QED) is 0.534. The van der Waals surface area contributed by atoms with E-state index in [1.54, 1.807) is 0 Å². The molecular formula is C7H14N2. The predicted octanol–water partition coefficient (Wildman–Crippen LogP) is 0.0524. The molecular weight excluding hydrogens is 112 g/mol. The molecule has 3 fully saturated rings. The summed E-state index contributed by atoms with van der Waals surface area (Å²) >= 11 is 0. The second kappa shape index (κ2) is 1.96. The van der Waals surface area contributed by atoms with Crippen LogP contribution in [-0.2, 0) is 0 Å². The van der Waals surface area contributed by atoms with E-state index in [1.165, 1.54) is 26.1 Å². The number of piperazine rings is 1.